The third kappa shape index (κ3) is 2.93. The number of hydrogen-bond acceptors (Lipinski definition) is 4. The van der Waals surface area contributed by atoms with Gasteiger partial charge in [-0.15, -0.1) is 11.8 Å². The van der Waals surface area contributed by atoms with Crippen LogP contribution >= 0.6 is 11.8 Å². The van der Waals surface area contributed by atoms with E-state index in [0.29, 0.717) is 28.4 Å². The van der Waals surface area contributed by atoms with Crippen LogP contribution in [-0.2, 0) is 9.53 Å². The van der Waals surface area contributed by atoms with Crippen molar-refractivity contribution < 1.29 is 9.53 Å². The Morgan fingerprint density at radius 3 is 2.79 bits per heavy atom. The number of fused-ring (bicyclic) bond motifs is 1. The fraction of sp³-hybridized carbons (Fsp3) is 0.842. The van der Waals surface area contributed by atoms with Crippen molar-refractivity contribution in [3.63, 3.8) is 0 Å². The van der Waals surface area contributed by atoms with Crippen molar-refractivity contribution in [1.29, 1.82) is 0 Å². The second-order valence-electron chi connectivity index (χ2n) is 8.30. The molecule has 2 aliphatic heterocycles. The maximum Gasteiger partial charge on any atom is 0.233 e. The van der Waals surface area contributed by atoms with Crippen molar-refractivity contribution >= 4 is 17.7 Å². The van der Waals surface area contributed by atoms with E-state index in [1.165, 1.54) is 12.8 Å². The minimum atomic E-state index is 0.313. The molecule has 1 amide bonds. The third-order valence-electron chi connectivity index (χ3n) is 6.74. The van der Waals surface area contributed by atoms with Crippen LogP contribution in [0.5, 0.6) is 0 Å². The molecule has 0 aromatic carbocycles. The first-order chi connectivity index (χ1) is 11.6. The highest BCUT2D eigenvalue weighted by Crippen LogP contribution is 2.61. The zero-order valence-corrected chi connectivity index (χ0v) is 15.8. The summed E-state index contributed by atoms with van der Waals surface area (Å²) in [6.45, 7) is 10.6. The fourth-order valence-corrected chi connectivity index (χ4v) is 6.26. The van der Waals surface area contributed by atoms with Crippen molar-refractivity contribution in [2.45, 2.75) is 38.5 Å². The highest BCUT2D eigenvalue weighted by Gasteiger charge is 2.54. The van der Waals surface area contributed by atoms with Crippen molar-refractivity contribution in [2.75, 3.05) is 45.1 Å². The van der Waals surface area contributed by atoms with Gasteiger partial charge >= 0.3 is 0 Å². The minimum Gasteiger partial charge on any atom is -0.379 e. The summed E-state index contributed by atoms with van der Waals surface area (Å²) < 4.78 is 5.41. The van der Waals surface area contributed by atoms with Gasteiger partial charge in [-0.25, -0.2) is 0 Å². The molecule has 0 spiro atoms. The quantitative estimate of drug-likeness (QED) is 0.714. The van der Waals surface area contributed by atoms with Gasteiger partial charge < -0.3 is 9.64 Å². The summed E-state index contributed by atoms with van der Waals surface area (Å²) in [6.07, 6.45) is 6.10. The van der Waals surface area contributed by atoms with Crippen molar-refractivity contribution in [1.82, 2.24) is 9.80 Å². The lowest BCUT2D eigenvalue weighted by atomic mass is 9.49. The summed E-state index contributed by atoms with van der Waals surface area (Å²) in [6, 6.07) is 0. The molecule has 0 aromatic heterocycles. The van der Waals surface area contributed by atoms with Crippen LogP contribution in [0.25, 0.3) is 0 Å². The van der Waals surface area contributed by atoms with Gasteiger partial charge in [-0.1, -0.05) is 19.9 Å². The van der Waals surface area contributed by atoms with Gasteiger partial charge in [0.2, 0.25) is 5.91 Å². The Morgan fingerprint density at radius 1 is 1.29 bits per heavy atom. The van der Waals surface area contributed by atoms with Gasteiger partial charge in [0.1, 0.15) is 0 Å². The molecule has 24 heavy (non-hydrogen) atoms. The molecule has 5 heteroatoms. The maximum absolute atomic E-state index is 12.4. The number of carbonyl (C=O) groups excluding carboxylic acids is 1. The number of morpholine rings is 1. The molecule has 1 saturated carbocycles. The van der Waals surface area contributed by atoms with Crippen molar-refractivity contribution in [3.8, 4) is 0 Å². The first-order valence-corrected chi connectivity index (χ1v) is 10.5. The lowest BCUT2D eigenvalue weighted by Crippen LogP contribution is -2.51. The molecule has 3 aliphatic carbocycles. The molecular weight excluding hydrogens is 320 g/mol. The largest absolute Gasteiger partial charge is 0.379 e. The Morgan fingerprint density at radius 2 is 2.08 bits per heavy atom. The molecule has 5 aliphatic rings. The van der Waals surface area contributed by atoms with E-state index in [0.717, 1.165) is 51.7 Å². The molecule has 2 bridgehead atoms. The molecule has 0 N–H and O–H groups in total. The topological polar surface area (TPSA) is 32.8 Å². The fourth-order valence-electron chi connectivity index (χ4n) is 4.94. The van der Waals surface area contributed by atoms with Crippen LogP contribution in [0.2, 0.25) is 0 Å². The molecule has 1 unspecified atom stereocenters. The molecule has 5 rings (SSSR count). The Labute approximate surface area is 150 Å². The molecule has 134 valence electrons. The van der Waals surface area contributed by atoms with Crippen molar-refractivity contribution in [3.05, 3.63) is 11.6 Å². The number of amides is 1. The summed E-state index contributed by atoms with van der Waals surface area (Å²) in [5.74, 6) is 2.56. The lowest BCUT2D eigenvalue weighted by Gasteiger charge is -2.57. The van der Waals surface area contributed by atoms with Gasteiger partial charge in [0.25, 0.3) is 0 Å². The zero-order valence-electron chi connectivity index (χ0n) is 15.0. The summed E-state index contributed by atoms with van der Waals surface area (Å²) in [5.41, 5.74) is 2.00. The Kier molecular flexibility index (Phi) is 4.69. The first-order valence-electron chi connectivity index (χ1n) is 9.48. The van der Waals surface area contributed by atoms with E-state index in [4.69, 9.17) is 4.74 Å². The molecule has 3 atom stereocenters. The molecule has 2 saturated heterocycles. The van der Waals surface area contributed by atoms with E-state index >= 15 is 0 Å². The monoisotopic (exact) mass is 350 g/mol. The second-order valence-corrected chi connectivity index (χ2v) is 9.37. The van der Waals surface area contributed by atoms with E-state index in [9.17, 15) is 4.79 Å². The summed E-state index contributed by atoms with van der Waals surface area (Å²) in [4.78, 5) is 17.1. The summed E-state index contributed by atoms with van der Waals surface area (Å²) >= 11 is 1.85. The maximum atomic E-state index is 12.4. The normalized spacial score (nSPS) is 35.8. The molecule has 2 heterocycles. The van der Waals surface area contributed by atoms with Crippen LogP contribution in [0.1, 0.15) is 33.1 Å². The molecule has 0 radical (unpaired) electrons. The second kappa shape index (κ2) is 6.65. The molecule has 3 fully saturated rings. The molecule has 4 nitrogen and oxygen atoms in total. The highest BCUT2D eigenvalue weighted by atomic mass is 32.2. The van der Waals surface area contributed by atoms with E-state index < -0.39 is 0 Å². The predicted octanol–water partition coefficient (Wildman–Crippen LogP) is 2.60. The van der Waals surface area contributed by atoms with Crippen LogP contribution in [0.3, 0.4) is 0 Å². The van der Waals surface area contributed by atoms with Gasteiger partial charge in [0.05, 0.1) is 24.3 Å². The number of rotatable bonds is 5. The van der Waals surface area contributed by atoms with E-state index in [-0.39, 0.29) is 0 Å². The van der Waals surface area contributed by atoms with Crippen LogP contribution < -0.4 is 0 Å². The smallest absolute Gasteiger partial charge is 0.233 e. The van der Waals surface area contributed by atoms with Crippen LogP contribution in [0.4, 0.5) is 0 Å². The average molecular weight is 351 g/mol. The minimum absolute atomic E-state index is 0.313. The number of nitrogens with zero attached hydrogens (tertiary/aromatic N) is 2. The number of ether oxygens (including phenoxy) is 1. The van der Waals surface area contributed by atoms with E-state index in [1.54, 1.807) is 5.57 Å². The molecular formula is C19H30N2O2S. The third-order valence-corrected chi connectivity index (χ3v) is 8.00. The van der Waals surface area contributed by atoms with Gasteiger partial charge in [-0.05, 0) is 42.1 Å². The lowest BCUT2D eigenvalue weighted by molar-refractivity contribution is -0.128. The van der Waals surface area contributed by atoms with Crippen molar-refractivity contribution in [2.24, 2.45) is 17.3 Å². The number of allylic oxidation sites excluding steroid dienone is 1. The Balaban J connectivity index is 1.36. The van der Waals surface area contributed by atoms with Gasteiger partial charge in [0.15, 0.2) is 0 Å². The summed E-state index contributed by atoms with van der Waals surface area (Å²) in [7, 11) is 0. The number of thioether (sulfide) groups is 1. The van der Waals surface area contributed by atoms with Gasteiger partial charge in [-0.3, -0.25) is 9.69 Å². The van der Waals surface area contributed by atoms with Crippen LogP contribution in [-0.4, -0.2) is 66.2 Å². The Hall–Kier alpha value is -0.520. The SMILES string of the molecule is CC1(C)[C@H]2CC=C(C3SCC(=O)N3CCCN3CCOCC3)[C@@H]1C2. The number of carbonyl (C=O) groups is 1. The zero-order chi connectivity index (χ0) is 16.7. The highest BCUT2D eigenvalue weighted by molar-refractivity contribution is 8.01. The van der Waals surface area contributed by atoms with Crippen LogP contribution in [0, 0.1) is 17.3 Å². The van der Waals surface area contributed by atoms with E-state index in [2.05, 4.69) is 29.7 Å². The predicted molar refractivity (Wildman–Crippen MR) is 97.9 cm³/mol. The Bertz CT molecular complexity index is 527. The van der Waals surface area contributed by atoms with E-state index in [1.807, 2.05) is 11.8 Å². The van der Waals surface area contributed by atoms with Crippen LogP contribution in [0.15, 0.2) is 11.6 Å². The summed E-state index contributed by atoms with van der Waals surface area (Å²) in [5, 5.41) is 0.313. The van der Waals surface area contributed by atoms with Gasteiger partial charge in [0, 0.05) is 26.2 Å². The average Bonchev–Trinajstić information content (AvgIpc) is 2.96. The first kappa shape index (κ1) is 16.9. The molecule has 0 aromatic rings. The number of hydrogen-bond donors (Lipinski definition) is 0. The standard InChI is InChI=1S/C19H30N2O2S/c1-19(2)14-4-5-15(16(19)12-14)18-21(17(22)13-24-18)7-3-6-20-8-10-23-11-9-20/h5,14,16,18H,3-4,6-13H2,1-2H3/t14-,16-,18?/m0/s1. The van der Waals surface area contributed by atoms with Gasteiger partial charge in [-0.2, -0.15) is 0 Å².